The van der Waals surface area contributed by atoms with Gasteiger partial charge in [-0.1, -0.05) is 18.2 Å². The first-order valence-electron chi connectivity index (χ1n) is 11.8. The van der Waals surface area contributed by atoms with E-state index in [1.54, 1.807) is 17.3 Å². The van der Waals surface area contributed by atoms with E-state index in [9.17, 15) is 14.7 Å². The lowest BCUT2D eigenvalue weighted by molar-refractivity contribution is -0.149. The monoisotopic (exact) mass is 468 g/mol. The molecule has 3 amide bonds. The lowest BCUT2D eigenvalue weighted by Crippen LogP contribution is -2.58. The van der Waals surface area contributed by atoms with Gasteiger partial charge in [-0.05, 0) is 49.1 Å². The number of pyridine rings is 1. The number of aromatic nitrogens is 1. The predicted molar refractivity (Wildman–Crippen MR) is 126 cm³/mol. The van der Waals surface area contributed by atoms with Crippen LogP contribution in [0, 0.1) is 0 Å². The molecule has 4 atom stereocenters. The number of urea groups is 1. The lowest BCUT2D eigenvalue weighted by atomic mass is 9.95. The third-order valence-corrected chi connectivity index (χ3v) is 6.17. The highest BCUT2D eigenvalue weighted by Crippen LogP contribution is 2.28. The number of para-hydroxylation sites is 1. The van der Waals surface area contributed by atoms with Gasteiger partial charge >= 0.3 is 6.03 Å². The van der Waals surface area contributed by atoms with Crippen LogP contribution in [0.1, 0.15) is 24.8 Å². The Hall–Kier alpha value is -3.01. The Morgan fingerprint density at radius 2 is 1.88 bits per heavy atom. The van der Waals surface area contributed by atoms with Crippen molar-refractivity contribution in [3.8, 4) is 0 Å². The average molecular weight is 469 g/mol. The van der Waals surface area contributed by atoms with E-state index < -0.39 is 6.10 Å². The molecule has 2 saturated heterocycles. The van der Waals surface area contributed by atoms with E-state index in [0.717, 1.165) is 12.0 Å². The van der Waals surface area contributed by atoms with E-state index in [4.69, 9.17) is 9.47 Å². The fourth-order valence-corrected chi connectivity index (χ4v) is 4.47. The van der Waals surface area contributed by atoms with E-state index in [-0.39, 0.29) is 56.4 Å². The normalized spacial score (nSPS) is 24.9. The molecule has 2 aromatic rings. The van der Waals surface area contributed by atoms with Gasteiger partial charge in [0.15, 0.2) is 0 Å². The van der Waals surface area contributed by atoms with Crippen molar-refractivity contribution in [3.05, 3.63) is 60.4 Å². The summed E-state index contributed by atoms with van der Waals surface area (Å²) in [4.78, 5) is 31.2. The number of anilines is 1. The molecule has 2 aliphatic heterocycles. The Bertz CT molecular complexity index is 929. The van der Waals surface area contributed by atoms with Crippen molar-refractivity contribution in [1.82, 2.24) is 15.2 Å². The minimum Gasteiger partial charge on any atom is -0.389 e. The Balaban J connectivity index is 1.31. The molecule has 0 unspecified atom stereocenters. The highest BCUT2D eigenvalue weighted by atomic mass is 16.5. The van der Waals surface area contributed by atoms with Crippen LogP contribution in [0.3, 0.4) is 0 Å². The van der Waals surface area contributed by atoms with Gasteiger partial charge in [-0.25, -0.2) is 4.79 Å². The zero-order valence-electron chi connectivity index (χ0n) is 19.1. The molecular weight excluding hydrogens is 436 g/mol. The fraction of sp³-hybridized carbons (Fsp3) is 0.480. The maximum absolute atomic E-state index is 13.1. The van der Waals surface area contributed by atoms with Crippen molar-refractivity contribution < 1.29 is 24.2 Å². The molecule has 3 heterocycles. The van der Waals surface area contributed by atoms with Crippen LogP contribution in [0.25, 0.3) is 0 Å². The molecule has 182 valence electrons. The van der Waals surface area contributed by atoms with Crippen LogP contribution in [-0.2, 0) is 20.7 Å². The molecule has 1 aromatic heterocycles. The molecule has 0 aliphatic carbocycles. The van der Waals surface area contributed by atoms with Gasteiger partial charge in [0.2, 0.25) is 5.91 Å². The number of ether oxygens (including phenoxy) is 2. The van der Waals surface area contributed by atoms with Crippen LogP contribution < -0.4 is 10.6 Å². The SMILES string of the molecule is O=C(C[C@H]1CC[C@H]2[C@@H](COC[C@@H](O)CN2C(=O)Nc2ccccc2)O1)NCCc1ccncc1. The summed E-state index contributed by atoms with van der Waals surface area (Å²) < 4.78 is 11.9. The molecule has 34 heavy (non-hydrogen) atoms. The molecule has 9 heteroatoms. The quantitative estimate of drug-likeness (QED) is 0.598. The minimum atomic E-state index is -0.772. The molecule has 0 radical (unpaired) electrons. The highest BCUT2D eigenvalue weighted by Gasteiger charge is 2.40. The maximum Gasteiger partial charge on any atom is 0.322 e. The number of carbonyl (C=O) groups is 2. The molecule has 9 nitrogen and oxygen atoms in total. The number of benzene rings is 1. The summed E-state index contributed by atoms with van der Waals surface area (Å²) in [6, 6.07) is 12.6. The third-order valence-electron chi connectivity index (χ3n) is 6.17. The van der Waals surface area contributed by atoms with Crippen molar-refractivity contribution in [2.24, 2.45) is 0 Å². The van der Waals surface area contributed by atoms with E-state index in [1.165, 1.54) is 0 Å². The number of fused-ring (bicyclic) bond motifs is 1. The van der Waals surface area contributed by atoms with Gasteiger partial charge in [0, 0.05) is 24.6 Å². The van der Waals surface area contributed by atoms with Gasteiger partial charge in [0.25, 0.3) is 0 Å². The third kappa shape index (κ3) is 6.75. The van der Waals surface area contributed by atoms with Crippen molar-refractivity contribution in [2.45, 2.75) is 50.0 Å². The first kappa shape index (κ1) is 24.1. The number of rotatable bonds is 6. The Kier molecular flexibility index (Phi) is 8.46. The zero-order chi connectivity index (χ0) is 23.8. The highest BCUT2D eigenvalue weighted by molar-refractivity contribution is 5.89. The van der Waals surface area contributed by atoms with Gasteiger partial charge < -0.3 is 30.1 Å². The predicted octanol–water partition coefficient (Wildman–Crippen LogP) is 1.97. The first-order chi connectivity index (χ1) is 16.6. The van der Waals surface area contributed by atoms with Gasteiger partial charge in [0.05, 0.1) is 44.4 Å². The van der Waals surface area contributed by atoms with Crippen molar-refractivity contribution in [1.29, 1.82) is 0 Å². The Morgan fingerprint density at radius 3 is 2.68 bits per heavy atom. The van der Waals surface area contributed by atoms with Gasteiger partial charge in [-0.2, -0.15) is 0 Å². The summed E-state index contributed by atoms with van der Waals surface area (Å²) in [7, 11) is 0. The number of aliphatic hydroxyl groups excluding tert-OH is 1. The summed E-state index contributed by atoms with van der Waals surface area (Å²) in [6.07, 6.45) is 4.41. The molecule has 4 rings (SSSR count). The second-order valence-corrected chi connectivity index (χ2v) is 8.74. The average Bonchev–Trinajstić information content (AvgIpc) is 2.83. The molecule has 1 aromatic carbocycles. The molecule has 2 aliphatic rings. The summed E-state index contributed by atoms with van der Waals surface area (Å²) in [5.74, 6) is -0.0571. The number of nitrogens with one attached hydrogen (secondary N) is 2. The van der Waals surface area contributed by atoms with Gasteiger partial charge in [0.1, 0.15) is 6.10 Å². The van der Waals surface area contributed by atoms with Gasteiger partial charge in [-0.3, -0.25) is 9.78 Å². The summed E-state index contributed by atoms with van der Waals surface area (Å²) in [5, 5.41) is 16.1. The molecule has 0 spiro atoms. The number of nitrogens with zero attached hydrogens (tertiary/aromatic N) is 2. The van der Waals surface area contributed by atoms with Gasteiger partial charge in [-0.15, -0.1) is 0 Å². The number of β-amino-alcohol motifs (C(OH)–C–C–N with tert-alkyl or cyclic N) is 1. The fourth-order valence-electron chi connectivity index (χ4n) is 4.47. The van der Waals surface area contributed by atoms with Crippen molar-refractivity contribution >= 4 is 17.6 Å². The smallest absolute Gasteiger partial charge is 0.322 e. The topological polar surface area (TPSA) is 113 Å². The van der Waals surface area contributed by atoms with Crippen LogP contribution in [0.4, 0.5) is 10.5 Å². The lowest BCUT2D eigenvalue weighted by Gasteiger charge is -2.44. The number of aliphatic hydroxyl groups is 1. The summed E-state index contributed by atoms with van der Waals surface area (Å²) >= 11 is 0. The van der Waals surface area contributed by atoms with Crippen LogP contribution in [0.5, 0.6) is 0 Å². The number of amides is 3. The minimum absolute atomic E-state index is 0.0571. The second-order valence-electron chi connectivity index (χ2n) is 8.74. The van der Waals surface area contributed by atoms with Crippen LogP contribution >= 0.6 is 0 Å². The zero-order valence-corrected chi connectivity index (χ0v) is 19.1. The Labute approximate surface area is 199 Å². The number of hydrogen-bond acceptors (Lipinski definition) is 6. The second kappa shape index (κ2) is 11.9. The maximum atomic E-state index is 13.1. The largest absolute Gasteiger partial charge is 0.389 e. The van der Waals surface area contributed by atoms with E-state index in [1.807, 2.05) is 42.5 Å². The summed E-state index contributed by atoms with van der Waals surface area (Å²) in [5.41, 5.74) is 1.81. The molecule has 2 fully saturated rings. The standard InChI is InChI=1S/C25H32N4O5/c30-20-15-29(25(32)28-19-4-2-1-3-5-19)22-7-6-21(34-23(22)17-33-16-20)14-24(31)27-13-10-18-8-11-26-12-9-18/h1-5,8-9,11-12,20-23,30H,6-7,10,13-17H2,(H,27,31)(H,28,32)/t20-,21+,22-,23+/m0/s1. The van der Waals surface area contributed by atoms with Crippen molar-refractivity contribution in [2.75, 3.05) is 31.6 Å². The van der Waals surface area contributed by atoms with Crippen LogP contribution in [-0.4, -0.2) is 77.6 Å². The first-order valence-corrected chi connectivity index (χ1v) is 11.8. The molecule has 3 N–H and O–H groups in total. The number of hydrogen-bond donors (Lipinski definition) is 3. The number of carbonyl (C=O) groups excluding carboxylic acids is 2. The Morgan fingerprint density at radius 1 is 1.09 bits per heavy atom. The van der Waals surface area contributed by atoms with E-state index in [0.29, 0.717) is 25.1 Å². The van der Waals surface area contributed by atoms with E-state index >= 15 is 0 Å². The van der Waals surface area contributed by atoms with Crippen LogP contribution in [0.15, 0.2) is 54.9 Å². The van der Waals surface area contributed by atoms with E-state index in [2.05, 4.69) is 15.6 Å². The molecule has 0 bridgehead atoms. The summed E-state index contributed by atoms with van der Waals surface area (Å²) in [6.45, 7) is 1.10. The van der Waals surface area contributed by atoms with Crippen molar-refractivity contribution in [3.63, 3.8) is 0 Å². The molecule has 0 saturated carbocycles. The molecular formula is C25H32N4O5. The van der Waals surface area contributed by atoms with Crippen LogP contribution in [0.2, 0.25) is 0 Å².